The number of aryl methyl sites for hydroxylation is 2. The van der Waals surface area contributed by atoms with Gasteiger partial charge < -0.3 is 10.2 Å². The van der Waals surface area contributed by atoms with E-state index in [1.807, 2.05) is 31.1 Å². The molecule has 1 aliphatic rings. The van der Waals surface area contributed by atoms with Crippen molar-refractivity contribution in [2.45, 2.75) is 32.2 Å². The van der Waals surface area contributed by atoms with Crippen molar-refractivity contribution in [1.82, 2.24) is 34.6 Å². The smallest absolute Gasteiger partial charge is 0.247 e. The van der Waals surface area contributed by atoms with Crippen LogP contribution in [0.2, 0.25) is 0 Å². The van der Waals surface area contributed by atoms with Gasteiger partial charge >= 0.3 is 0 Å². The molecule has 3 aromatic rings. The topological polar surface area (TPSA) is 102 Å². The highest BCUT2D eigenvalue weighted by atomic mass is 16.2. The monoisotopic (exact) mass is 404 g/mol. The lowest BCUT2D eigenvalue weighted by Crippen LogP contribution is -2.38. The van der Waals surface area contributed by atoms with Crippen LogP contribution in [0.5, 0.6) is 0 Å². The minimum Gasteiger partial charge on any atom is -0.329 e. The molecule has 0 saturated carbocycles. The molecule has 4 heterocycles. The molecule has 1 aliphatic heterocycles. The SMILES string of the molecule is Cc1cc(Nc2cnccn2)nc([C@H]2CCCCN2C(=O)/C=C/c2cnn(C)c2)n1. The molecule has 0 bridgehead atoms. The number of likely N-dealkylation sites (tertiary alicyclic amines) is 1. The Hall–Kier alpha value is -3.62. The molecule has 1 saturated heterocycles. The van der Waals surface area contributed by atoms with Gasteiger partial charge in [0.05, 0.1) is 18.4 Å². The fourth-order valence-corrected chi connectivity index (χ4v) is 3.55. The number of carbonyl (C=O) groups is 1. The number of rotatable bonds is 5. The second-order valence-electron chi connectivity index (χ2n) is 7.29. The van der Waals surface area contributed by atoms with Crippen LogP contribution in [0.1, 0.15) is 42.4 Å². The Morgan fingerprint density at radius 3 is 2.87 bits per heavy atom. The number of hydrogen-bond donors (Lipinski definition) is 1. The molecule has 1 N–H and O–H groups in total. The maximum absolute atomic E-state index is 12.9. The Morgan fingerprint density at radius 1 is 1.20 bits per heavy atom. The number of aromatic nitrogens is 6. The quantitative estimate of drug-likeness (QED) is 0.652. The van der Waals surface area contributed by atoms with Crippen LogP contribution < -0.4 is 5.32 Å². The Bertz CT molecular complexity index is 1050. The zero-order valence-corrected chi connectivity index (χ0v) is 17.1. The van der Waals surface area contributed by atoms with Gasteiger partial charge in [0.1, 0.15) is 11.6 Å². The first-order chi connectivity index (χ1) is 14.6. The van der Waals surface area contributed by atoms with E-state index in [0.29, 0.717) is 24.0 Å². The minimum atomic E-state index is -0.160. The molecule has 9 heteroatoms. The molecule has 1 atom stereocenters. The van der Waals surface area contributed by atoms with Crippen LogP contribution in [0, 0.1) is 6.92 Å². The van der Waals surface area contributed by atoms with E-state index < -0.39 is 0 Å². The van der Waals surface area contributed by atoms with Gasteiger partial charge in [-0.25, -0.2) is 15.0 Å². The highest BCUT2D eigenvalue weighted by Gasteiger charge is 2.29. The van der Waals surface area contributed by atoms with Crippen molar-refractivity contribution in [3.63, 3.8) is 0 Å². The number of nitrogens with zero attached hydrogens (tertiary/aromatic N) is 7. The predicted molar refractivity (Wildman–Crippen MR) is 113 cm³/mol. The highest BCUT2D eigenvalue weighted by Crippen LogP contribution is 2.30. The van der Waals surface area contributed by atoms with Gasteiger partial charge in [-0.3, -0.25) is 14.5 Å². The van der Waals surface area contributed by atoms with Crippen LogP contribution in [0.4, 0.5) is 11.6 Å². The van der Waals surface area contributed by atoms with E-state index in [1.165, 1.54) is 0 Å². The normalized spacial score (nSPS) is 16.7. The molecule has 1 fully saturated rings. The summed E-state index contributed by atoms with van der Waals surface area (Å²) in [5.41, 5.74) is 1.72. The van der Waals surface area contributed by atoms with Crippen LogP contribution in [0.3, 0.4) is 0 Å². The second kappa shape index (κ2) is 8.81. The summed E-state index contributed by atoms with van der Waals surface area (Å²) in [6.45, 7) is 2.61. The maximum Gasteiger partial charge on any atom is 0.247 e. The maximum atomic E-state index is 12.9. The summed E-state index contributed by atoms with van der Waals surface area (Å²) in [5.74, 6) is 1.85. The van der Waals surface area contributed by atoms with Gasteiger partial charge in [0.25, 0.3) is 0 Å². The van der Waals surface area contributed by atoms with Crippen LogP contribution in [0.25, 0.3) is 6.08 Å². The first-order valence-corrected chi connectivity index (χ1v) is 9.94. The zero-order valence-electron chi connectivity index (χ0n) is 17.1. The summed E-state index contributed by atoms with van der Waals surface area (Å²) < 4.78 is 1.71. The molecular formula is C21H24N8O. The van der Waals surface area contributed by atoms with E-state index in [0.717, 1.165) is 30.5 Å². The van der Waals surface area contributed by atoms with E-state index in [9.17, 15) is 4.79 Å². The van der Waals surface area contributed by atoms with Gasteiger partial charge in [-0.2, -0.15) is 5.10 Å². The van der Waals surface area contributed by atoms with Gasteiger partial charge in [-0.1, -0.05) is 0 Å². The van der Waals surface area contributed by atoms with Crippen molar-refractivity contribution in [2.75, 3.05) is 11.9 Å². The molecule has 3 aromatic heterocycles. The van der Waals surface area contributed by atoms with Crippen LogP contribution >= 0.6 is 0 Å². The first-order valence-electron chi connectivity index (χ1n) is 9.94. The third kappa shape index (κ3) is 4.68. The number of carbonyl (C=O) groups excluding carboxylic acids is 1. The molecule has 0 spiro atoms. The summed E-state index contributed by atoms with van der Waals surface area (Å²) >= 11 is 0. The van der Waals surface area contributed by atoms with Crippen molar-refractivity contribution in [1.29, 1.82) is 0 Å². The average Bonchev–Trinajstić information content (AvgIpc) is 3.17. The molecule has 30 heavy (non-hydrogen) atoms. The third-order valence-electron chi connectivity index (χ3n) is 4.92. The Balaban J connectivity index is 1.56. The summed E-state index contributed by atoms with van der Waals surface area (Å²) in [6, 6.07) is 1.70. The fraction of sp³-hybridized carbons (Fsp3) is 0.333. The average molecular weight is 404 g/mol. The third-order valence-corrected chi connectivity index (χ3v) is 4.92. The van der Waals surface area contributed by atoms with E-state index >= 15 is 0 Å². The molecule has 0 aromatic carbocycles. The van der Waals surface area contributed by atoms with Crippen LogP contribution in [-0.2, 0) is 11.8 Å². The van der Waals surface area contributed by atoms with Crippen molar-refractivity contribution in [3.8, 4) is 0 Å². The number of piperidine rings is 1. The van der Waals surface area contributed by atoms with Gasteiger partial charge in [0.2, 0.25) is 5.91 Å². The Kier molecular flexibility index (Phi) is 5.78. The molecule has 154 valence electrons. The summed E-state index contributed by atoms with van der Waals surface area (Å²) in [5, 5.41) is 7.29. The van der Waals surface area contributed by atoms with E-state index in [4.69, 9.17) is 0 Å². The molecule has 0 aliphatic carbocycles. The van der Waals surface area contributed by atoms with Gasteiger partial charge in [-0.05, 0) is 32.3 Å². The predicted octanol–water partition coefficient (Wildman–Crippen LogP) is 2.82. The van der Waals surface area contributed by atoms with E-state index in [-0.39, 0.29) is 11.9 Å². The minimum absolute atomic E-state index is 0.0444. The van der Waals surface area contributed by atoms with E-state index in [2.05, 4.69) is 30.4 Å². The molecule has 0 unspecified atom stereocenters. The van der Waals surface area contributed by atoms with Crippen molar-refractivity contribution in [2.24, 2.45) is 7.05 Å². The van der Waals surface area contributed by atoms with Crippen LogP contribution in [-0.4, -0.2) is 47.1 Å². The molecule has 9 nitrogen and oxygen atoms in total. The summed E-state index contributed by atoms with van der Waals surface area (Å²) in [6.07, 6.45) is 14.7. The highest BCUT2D eigenvalue weighted by molar-refractivity contribution is 5.92. The molecular weight excluding hydrogens is 380 g/mol. The molecule has 0 radical (unpaired) electrons. The van der Waals surface area contributed by atoms with Crippen molar-refractivity contribution in [3.05, 3.63) is 60.2 Å². The van der Waals surface area contributed by atoms with Crippen molar-refractivity contribution < 1.29 is 4.79 Å². The number of amides is 1. The van der Waals surface area contributed by atoms with Crippen LogP contribution in [0.15, 0.2) is 43.1 Å². The van der Waals surface area contributed by atoms with Crippen molar-refractivity contribution >= 4 is 23.6 Å². The zero-order chi connectivity index (χ0) is 20.9. The summed E-state index contributed by atoms with van der Waals surface area (Å²) in [7, 11) is 1.85. The Morgan fingerprint density at radius 2 is 2.10 bits per heavy atom. The first kappa shape index (κ1) is 19.7. The number of nitrogens with one attached hydrogen (secondary N) is 1. The molecule has 1 amide bonds. The lowest BCUT2D eigenvalue weighted by atomic mass is 10.0. The number of anilines is 2. The number of hydrogen-bond acceptors (Lipinski definition) is 7. The Labute approximate surface area is 174 Å². The van der Waals surface area contributed by atoms with Gasteiger partial charge in [-0.15, -0.1) is 0 Å². The fourth-order valence-electron chi connectivity index (χ4n) is 3.55. The van der Waals surface area contributed by atoms with Gasteiger partial charge in [0, 0.05) is 55.6 Å². The lowest BCUT2D eigenvalue weighted by molar-refractivity contribution is -0.129. The van der Waals surface area contributed by atoms with Gasteiger partial charge in [0.15, 0.2) is 5.82 Å². The molecule has 4 rings (SSSR count). The summed E-state index contributed by atoms with van der Waals surface area (Å²) in [4.78, 5) is 32.4. The second-order valence-corrected chi connectivity index (χ2v) is 7.29. The lowest BCUT2D eigenvalue weighted by Gasteiger charge is -2.34. The van der Waals surface area contributed by atoms with E-state index in [1.54, 1.807) is 41.6 Å². The largest absolute Gasteiger partial charge is 0.329 e. The standard InChI is InChI=1S/C21H24N8O/c1-15-11-18(26-19-13-22-8-9-23-19)27-21(25-15)17-5-3-4-10-29(17)20(30)7-6-16-12-24-28(2)14-16/h6-9,11-14,17H,3-5,10H2,1-2H3,(H,23,25,26,27)/b7-6+/t17-/m1/s1.